The SMILES string of the molecule is Cc1nc(C2CSC(C)C(C)S2)nc(N)c1C. The number of nitrogen functional groups attached to an aromatic ring is 1. The Hall–Kier alpha value is -0.420. The molecule has 1 aliphatic rings. The lowest BCUT2D eigenvalue weighted by Crippen LogP contribution is -2.23. The van der Waals surface area contributed by atoms with Gasteiger partial charge in [-0.2, -0.15) is 11.8 Å². The predicted molar refractivity (Wildman–Crippen MR) is 77.6 cm³/mol. The molecule has 0 spiro atoms. The summed E-state index contributed by atoms with van der Waals surface area (Å²) in [5.41, 5.74) is 7.93. The monoisotopic (exact) mass is 269 g/mol. The van der Waals surface area contributed by atoms with Crippen LogP contribution in [0.5, 0.6) is 0 Å². The highest BCUT2D eigenvalue weighted by Crippen LogP contribution is 2.43. The molecule has 1 aliphatic heterocycles. The zero-order chi connectivity index (χ0) is 12.6. The molecule has 2 heterocycles. The molecule has 1 fully saturated rings. The fourth-order valence-corrected chi connectivity index (χ4v) is 4.58. The first-order valence-corrected chi connectivity index (χ1v) is 7.86. The minimum Gasteiger partial charge on any atom is -0.383 e. The molecule has 1 saturated heterocycles. The van der Waals surface area contributed by atoms with Gasteiger partial charge in [0.25, 0.3) is 0 Å². The molecular weight excluding hydrogens is 250 g/mol. The number of nitrogens with two attached hydrogens (primary N) is 1. The number of hydrogen-bond acceptors (Lipinski definition) is 5. The van der Waals surface area contributed by atoms with E-state index in [4.69, 9.17) is 5.73 Å². The Bertz CT molecular complexity index is 399. The number of aryl methyl sites for hydroxylation is 1. The van der Waals surface area contributed by atoms with Crippen LogP contribution in [0.15, 0.2) is 0 Å². The second-order valence-corrected chi connectivity index (χ2v) is 7.54. The molecule has 0 saturated carbocycles. The summed E-state index contributed by atoms with van der Waals surface area (Å²) in [6.07, 6.45) is 0. The molecule has 0 aliphatic carbocycles. The predicted octanol–water partition coefficient (Wildman–Crippen LogP) is 2.97. The third-order valence-corrected chi connectivity index (χ3v) is 6.67. The van der Waals surface area contributed by atoms with Crippen LogP contribution in [0, 0.1) is 13.8 Å². The van der Waals surface area contributed by atoms with Gasteiger partial charge in [0, 0.05) is 27.5 Å². The number of rotatable bonds is 1. The van der Waals surface area contributed by atoms with Gasteiger partial charge in [0.05, 0.1) is 5.25 Å². The first-order chi connectivity index (χ1) is 7.99. The third kappa shape index (κ3) is 2.71. The number of anilines is 1. The van der Waals surface area contributed by atoms with Crippen molar-refractivity contribution in [1.29, 1.82) is 0 Å². The van der Waals surface area contributed by atoms with Gasteiger partial charge in [-0.1, -0.05) is 13.8 Å². The van der Waals surface area contributed by atoms with Crippen LogP contribution in [0.25, 0.3) is 0 Å². The van der Waals surface area contributed by atoms with Gasteiger partial charge < -0.3 is 5.73 Å². The van der Waals surface area contributed by atoms with Crippen molar-refractivity contribution in [3.63, 3.8) is 0 Å². The quantitative estimate of drug-likeness (QED) is 0.849. The summed E-state index contributed by atoms with van der Waals surface area (Å²) < 4.78 is 0. The van der Waals surface area contributed by atoms with Crippen molar-refractivity contribution in [1.82, 2.24) is 9.97 Å². The molecule has 2 N–H and O–H groups in total. The van der Waals surface area contributed by atoms with Gasteiger partial charge >= 0.3 is 0 Å². The molecular formula is C12H19N3S2. The van der Waals surface area contributed by atoms with Crippen molar-refractivity contribution >= 4 is 29.3 Å². The zero-order valence-corrected chi connectivity index (χ0v) is 12.4. The van der Waals surface area contributed by atoms with E-state index in [-0.39, 0.29) is 0 Å². The van der Waals surface area contributed by atoms with Gasteiger partial charge in [-0.25, -0.2) is 9.97 Å². The largest absolute Gasteiger partial charge is 0.383 e. The fourth-order valence-electron chi connectivity index (χ4n) is 1.74. The van der Waals surface area contributed by atoms with Crippen LogP contribution in [0.4, 0.5) is 5.82 Å². The number of aromatic nitrogens is 2. The van der Waals surface area contributed by atoms with Crippen molar-refractivity contribution in [3.8, 4) is 0 Å². The van der Waals surface area contributed by atoms with Crippen LogP contribution >= 0.6 is 23.5 Å². The average Bonchev–Trinajstić information content (AvgIpc) is 2.29. The van der Waals surface area contributed by atoms with E-state index in [2.05, 4.69) is 23.8 Å². The van der Waals surface area contributed by atoms with E-state index in [0.29, 0.717) is 21.6 Å². The molecule has 1 aromatic rings. The van der Waals surface area contributed by atoms with Gasteiger partial charge in [-0.3, -0.25) is 0 Å². The van der Waals surface area contributed by atoms with Crippen molar-refractivity contribution in [2.45, 2.75) is 43.4 Å². The Kier molecular flexibility index (Phi) is 3.88. The Morgan fingerprint density at radius 3 is 2.47 bits per heavy atom. The van der Waals surface area contributed by atoms with Crippen LogP contribution in [0.1, 0.15) is 36.2 Å². The maximum atomic E-state index is 5.92. The zero-order valence-electron chi connectivity index (χ0n) is 10.7. The number of hydrogen-bond donors (Lipinski definition) is 1. The maximum absolute atomic E-state index is 5.92. The summed E-state index contributed by atoms with van der Waals surface area (Å²) in [4.78, 5) is 9.04. The molecule has 3 nitrogen and oxygen atoms in total. The average molecular weight is 269 g/mol. The van der Waals surface area contributed by atoms with Gasteiger partial charge in [0.15, 0.2) is 0 Å². The minimum atomic E-state index is 0.382. The lowest BCUT2D eigenvalue weighted by Gasteiger charge is -2.30. The molecule has 17 heavy (non-hydrogen) atoms. The fraction of sp³-hybridized carbons (Fsp3) is 0.667. The third-order valence-electron chi connectivity index (χ3n) is 3.28. The second-order valence-electron chi connectivity index (χ2n) is 4.55. The van der Waals surface area contributed by atoms with Crippen LogP contribution in [0.3, 0.4) is 0 Å². The normalized spacial score (nSPS) is 29.3. The molecule has 94 valence electrons. The highest BCUT2D eigenvalue weighted by atomic mass is 32.2. The van der Waals surface area contributed by atoms with Crippen LogP contribution in [0.2, 0.25) is 0 Å². The molecule has 5 heteroatoms. The standard InChI is InChI=1S/C12H19N3S2/c1-6-7(2)14-12(15-11(6)13)10-5-16-8(3)9(4)17-10/h8-10H,5H2,1-4H3,(H2,13,14,15). The van der Waals surface area contributed by atoms with E-state index in [0.717, 1.165) is 22.8 Å². The molecule has 0 amide bonds. The first kappa shape index (κ1) is 13.0. The summed E-state index contributed by atoms with van der Waals surface area (Å²) in [5, 5.41) is 1.73. The van der Waals surface area contributed by atoms with Crippen molar-refractivity contribution in [2.24, 2.45) is 0 Å². The van der Waals surface area contributed by atoms with Crippen LogP contribution in [-0.4, -0.2) is 26.2 Å². The van der Waals surface area contributed by atoms with E-state index < -0.39 is 0 Å². The Morgan fingerprint density at radius 2 is 1.88 bits per heavy atom. The van der Waals surface area contributed by atoms with Crippen LogP contribution < -0.4 is 5.73 Å². The van der Waals surface area contributed by atoms with Crippen LogP contribution in [-0.2, 0) is 0 Å². The molecule has 2 rings (SSSR count). The van der Waals surface area contributed by atoms with Gasteiger partial charge in [0.2, 0.25) is 0 Å². The number of nitrogens with zero attached hydrogens (tertiary/aromatic N) is 2. The molecule has 3 unspecified atom stereocenters. The van der Waals surface area contributed by atoms with Gasteiger partial charge in [-0.15, -0.1) is 11.8 Å². The minimum absolute atomic E-state index is 0.382. The summed E-state index contributed by atoms with van der Waals surface area (Å²) in [5.74, 6) is 2.62. The highest BCUT2D eigenvalue weighted by molar-refractivity contribution is 8.07. The molecule has 3 atom stereocenters. The smallest absolute Gasteiger partial charge is 0.144 e. The molecule has 0 aromatic carbocycles. The van der Waals surface area contributed by atoms with Crippen molar-refractivity contribution < 1.29 is 0 Å². The number of thioether (sulfide) groups is 2. The van der Waals surface area contributed by atoms with E-state index in [9.17, 15) is 0 Å². The Morgan fingerprint density at radius 1 is 1.18 bits per heavy atom. The second kappa shape index (κ2) is 5.06. The Balaban J connectivity index is 2.23. The van der Waals surface area contributed by atoms with E-state index >= 15 is 0 Å². The molecule has 0 bridgehead atoms. The van der Waals surface area contributed by atoms with Gasteiger partial charge in [-0.05, 0) is 13.8 Å². The molecule has 1 aromatic heterocycles. The van der Waals surface area contributed by atoms with E-state index in [1.54, 1.807) is 0 Å². The molecule has 0 radical (unpaired) electrons. The maximum Gasteiger partial charge on any atom is 0.144 e. The van der Waals surface area contributed by atoms with E-state index in [1.807, 2.05) is 37.4 Å². The summed E-state index contributed by atoms with van der Waals surface area (Å²) in [7, 11) is 0. The lowest BCUT2D eigenvalue weighted by atomic mass is 10.2. The summed E-state index contributed by atoms with van der Waals surface area (Å²) >= 11 is 3.97. The van der Waals surface area contributed by atoms with Crippen molar-refractivity contribution in [2.75, 3.05) is 11.5 Å². The lowest BCUT2D eigenvalue weighted by molar-refractivity contribution is 0.850. The van der Waals surface area contributed by atoms with Crippen molar-refractivity contribution in [3.05, 3.63) is 17.1 Å². The Labute approximate surface area is 111 Å². The summed E-state index contributed by atoms with van der Waals surface area (Å²) in [6, 6.07) is 0. The highest BCUT2D eigenvalue weighted by Gasteiger charge is 2.28. The topological polar surface area (TPSA) is 51.8 Å². The van der Waals surface area contributed by atoms with Gasteiger partial charge in [0.1, 0.15) is 11.6 Å². The van der Waals surface area contributed by atoms with E-state index in [1.165, 1.54) is 0 Å². The summed E-state index contributed by atoms with van der Waals surface area (Å²) in [6.45, 7) is 8.54. The first-order valence-electron chi connectivity index (χ1n) is 5.86.